The Balaban J connectivity index is 1.32. The molecule has 1 aromatic heterocycles. The molecule has 2 N–H and O–H groups in total. The van der Waals surface area contributed by atoms with Crippen LogP contribution in [0.25, 0.3) is 10.2 Å². The molecule has 1 aliphatic heterocycles. The van der Waals surface area contributed by atoms with Crippen molar-refractivity contribution in [2.75, 3.05) is 23.3 Å². The van der Waals surface area contributed by atoms with Crippen molar-refractivity contribution in [2.45, 2.75) is 19.8 Å². The molecule has 4 rings (SSSR count). The number of amides is 3. The summed E-state index contributed by atoms with van der Waals surface area (Å²) in [4.78, 5) is 42.3. The van der Waals surface area contributed by atoms with E-state index in [0.717, 1.165) is 27.9 Å². The molecule has 0 unspecified atom stereocenters. The van der Waals surface area contributed by atoms with Gasteiger partial charge in [-0.3, -0.25) is 14.4 Å². The lowest BCUT2D eigenvalue weighted by atomic mass is 10.2. The lowest BCUT2D eigenvalue weighted by molar-refractivity contribution is -0.117. The number of benzene rings is 2. The summed E-state index contributed by atoms with van der Waals surface area (Å²) < 4.78 is 1.00. The first-order chi connectivity index (χ1) is 14.0. The Morgan fingerprint density at radius 3 is 2.69 bits per heavy atom. The molecule has 0 atom stereocenters. The van der Waals surface area contributed by atoms with Gasteiger partial charge >= 0.3 is 0 Å². The third-order valence-corrected chi connectivity index (χ3v) is 5.65. The highest BCUT2D eigenvalue weighted by atomic mass is 32.1. The summed E-state index contributed by atoms with van der Waals surface area (Å²) >= 11 is 1.40. The molecule has 148 valence electrons. The van der Waals surface area contributed by atoms with Crippen LogP contribution in [-0.2, 0) is 9.59 Å². The molecule has 8 heteroatoms. The summed E-state index contributed by atoms with van der Waals surface area (Å²) in [5.41, 5.74) is 3.18. The molecule has 0 spiro atoms. The van der Waals surface area contributed by atoms with Crippen molar-refractivity contribution in [2.24, 2.45) is 0 Å². The number of hydrogen-bond donors (Lipinski definition) is 2. The zero-order valence-electron chi connectivity index (χ0n) is 15.9. The molecule has 3 aromatic rings. The highest BCUT2D eigenvalue weighted by Crippen LogP contribution is 2.26. The van der Waals surface area contributed by atoms with E-state index in [1.54, 1.807) is 29.2 Å². The van der Waals surface area contributed by atoms with Gasteiger partial charge in [-0.2, -0.15) is 0 Å². The van der Waals surface area contributed by atoms with E-state index < -0.39 is 0 Å². The number of hydrogen-bond acceptors (Lipinski definition) is 5. The second-order valence-corrected chi connectivity index (χ2v) is 7.95. The smallest absolute Gasteiger partial charge is 0.251 e. The van der Waals surface area contributed by atoms with Gasteiger partial charge in [-0.25, -0.2) is 4.98 Å². The molecule has 1 fully saturated rings. The van der Waals surface area contributed by atoms with Crippen LogP contribution in [0, 0.1) is 6.92 Å². The molecular formula is C21H20N4O3S. The fourth-order valence-electron chi connectivity index (χ4n) is 3.23. The molecule has 1 aliphatic rings. The van der Waals surface area contributed by atoms with Crippen molar-refractivity contribution in [1.82, 2.24) is 10.3 Å². The third kappa shape index (κ3) is 4.27. The van der Waals surface area contributed by atoms with E-state index in [9.17, 15) is 14.4 Å². The Kier molecular flexibility index (Phi) is 5.26. The Morgan fingerprint density at radius 1 is 1.17 bits per heavy atom. The first-order valence-corrected chi connectivity index (χ1v) is 10.2. The van der Waals surface area contributed by atoms with Gasteiger partial charge in [-0.1, -0.05) is 17.4 Å². The molecule has 2 aromatic carbocycles. The molecule has 29 heavy (non-hydrogen) atoms. The Bertz CT molecular complexity index is 1090. The van der Waals surface area contributed by atoms with Crippen molar-refractivity contribution in [3.63, 3.8) is 0 Å². The first-order valence-electron chi connectivity index (χ1n) is 9.35. The normalized spacial score (nSPS) is 13.7. The second-order valence-electron chi connectivity index (χ2n) is 6.92. The Morgan fingerprint density at radius 2 is 1.97 bits per heavy atom. The molecule has 2 heterocycles. The predicted molar refractivity (Wildman–Crippen MR) is 113 cm³/mol. The minimum absolute atomic E-state index is 0.101. The van der Waals surface area contributed by atoms with Gasteiger partial charge in [0.05, 0.1) is 16.8 Å². The van der Waals surface area contributed by atoms with Gasteiger partial charge in [0, 0.05) is 24.2 Å². The van der Waals surface area contributed by atoms with Crippen LogP contribution in [0.2, 0.25) is 0 Å². The molecule has 0 radical (unpaired) electrons. The van der Waals surface area contributed by atoms with Gasteiger partial charge in [0.1, 0.15) is 0 Å². The van der Waals surface area contributed by atoms with Gasteiger partial charge in [0.25, 0.3) is 5.91 Å². The maximum absolute atomic E-state index is 12.3. The van der Waals surface area contributed by atoms with Crippen LogP contribution in [0.15, 0.2) is 42.5 Å². The summed E-state index contributed by atoms with van der Waals surface area (Å²) in [6.07, 6.45) is 1.41. The predicted octanol–water partition coefficient (Wildman–Crippen LogP) is 3.10. The van der Waals surface area contributed by atoms with Crippen molar-refractivity contribution in [3.05, 3.63) is 53.6 Å². The van der Waals surface area contributed by atoms with Crippen molar-refractivity contribution < 1.29 is 14.4 Å². The van der Waals surface area contributed by atoms with Gasteiger partial charge in [-0.05, 0) is 55.3 Å². The molecule has 0 saturated carbocycles. The summed E-state index contributed by atoms with van der Waals surface area (Å²) in [7, 11) is 0. The number of nitrogens with zero attached hydrogens (tertiary/aromatic N) is 2. The summed E-state index contributed by atoms with van der Waals surface area (Å²) in [5, 5.41) is 5.83. The molecule has 1 saturated heterocycles. The minimum atomic E-state index is -0.348. The fraction of sp³-hybridized carbons (Fsp3) is 0.238. The van der Waals surface area contributed by atoms with E-state index in [0.29, 0.717) is 23.7 Å². The number of aromatic nitrogens is 1. The van der Waals surface area contributed by atoms with E-state index in [1.165, 1.54) is 11.3 Å². The van der Waals surface area contributed by atoms with E-state index in [-0.39, 0.29) is 24.3 Å². The van der Waals surface area contributed by atoms with Crippen LogP contribution in [0.1, 0.15) is 28.8 Å². The van der Waals surface area contributed by atoms with Crippen LogP contribution in [0.5, 0.6) is 0 Å². The van der Waals surface area contributed by atoms with Gasteiger partial charge in [-0.15, -0.1) is 0 Å². The maximum Gasteiger partial charge on any atom is 0.251 e. The number of thiazole rings is 1. The lowest BCUT2D eigenvalue weighted by Gasteiger charge is -2.15. The Hall–Kier alpha value is -3.26. The number of rotatable bonds is 5. The van der Waals surface area contributed by atoms with E-state index in [1.807, 2.05) is 25.1 Å². The van der Waals surface area contributed by atoms with Crippen molar-refractivity contribution >= 4 is 50.1 Å². The van der Waals surface area contributed by atoms with E-state index >= 15 is 0 Å². The lowest BCUT2D eigenvalue weighted by Crippen LogP contribution is -2.32. The van der Waals surface area contributed by atoms with Gasteiger partial charge in [0.2, 0.25) is 11.8 Å². The number of anilines is 2. The second kappa shape index (κ2) is 8.00. The maximum atomic E-state index is 12.3. The van der Waals surface area contributed by atoms with Crippen LogP contribution in [-0.4, -0.2) is 35.8 Å². The van der Waals surface area contributed by atoms with Crippen LogP contribution in [0.3, 0.4) is 0 Å². The van der Waals surface area contributed by atoms with Crippen LogP contribution >= 0.6 is 11.3 Å². The summed E-state index contributed by atoms with van der Waals surface area (Å²) in [5.74, 6) is -0.586. The SMILES string of the molecule is Cc1ccc2nc(NC(=O)CNC(=O)c3ccc(N4CCCC4=O)cc3)sc2c1. The quantitative estimate of drug-likeness (QED) is 0.679. The van der Waals surface area contributed by atoms with Gasteiger partial charge < -0.3 is 15.5 Å². The average molecular weight is 408 g/mol. The molecular weight excluding hydrogens is 388 g/mol. The number of aryl methyl sites for hydroxylation is 1. The number of carbonyl (C=O) groups is 3. The van der Waals surface area contributed by atoms with Crippen LogP contribution < -0.4 is 15.5 Å². The van der Waals surface area contributed by atoms with Crippen molar-refractivity contribution in [1.29, 1.82) is 0 Å². The standard InChI is InChI=1S/C21H20N4O3S/c1-13-4-9-16-17(11-13)29-21(23-16)24-18(26)12-22-20(28)14-5-7-15(8-6-14)25-10-2-3-19(25)27/h4-9,11H,2-3,10,12H2,1H3,(H,22,28)(H,23,24,26). The molecule has 0 bridgehead atoms. The zero-order chi connectivity index (χ0) is 20.4. The third-order valence-electron chi connectivity index (χ3n) is 4.71. The Labute approximate surface area is 171 Å². The summed E-state index contributed by atoms with van der Waals surface area (Å²) in [6, 6.07) is 12.7. The summed E-state index contributed by atoms with van der Waals surface area (Å²) in [6.45, 7) is 2.55. The average Bonchev–Trinajstić information content (AvgIpc) is 3.31. The van der Waals surface area contributed by atoms with E-state index in [4.69, 9.17) is 0 Å². The highest BCUT2D eigenvalue weighted by molar-refractivity contribution is 7.22. The highest BCUT2D eigenvalue weighted by Gasteiger charge is 2.21. The monoisotopic (exact) mass is 408 g/mol. The topological polar surface area (TPSA) is 91.4 Å². The molecule has 3 amide bonds. The zero-order valence-corrected chi connectivity index (χ0v) is 16.7. The largest absolute Gasteiger partial charge is 0.343 e. The van der Waals surface area contributed by atoms with Gasteiger partial charge in [0.15, 0.2) is 5.13 Å². The molecule has 0 aliphatic carbocycles. The fourth-order valence-corrected chi connectivity index (χ4v) is 4.21. The van der Waals surface area contributed by atoms with E-state index in [2.05, 4.69) is 15.6 Å². The van der Waals surface area contributed by atoms with Crippen molar-refractivity contribution in [3.8, 4) is 0 Å². The number of nitrogens with one attached hydrogen (secondary N) is 2. The number of carbonyl (C=O) groups excluding carboxylic acids is 3. The van der Waals surface area contributed by atoms with Crippen LogP contribution in [0.4, 0.5) is 10.8 Å². The molecule has 7 nitrogen and oxygen atoms in total. The minimum Gasteiger partial charge on any atom is -0.343 e. The first kappa shape index (κ1) is 19.1. The number of fused-ring (bicyclic) bond motifs is 1.